The Morgan fingerprint density at radius 1 is 1.23 bits per heavy atom. The molecular weight excluding hydrogens is 278 g/mol. The molecule has 3 rings (SSSR count). The number of aromatic amines is 2. The van der Waals surface area contributed by atoms with Crippen LogP contribution in [-0.4, -0.2) is 45.5 Å². The van der Waals surface area contributed by atoms with Crippen molar-refractivity contribution in [2.24, 2.45) is 0 Å². The molecule has 0 amide bonds. The van der Waals surface area contributed by atoms with Gasteiger partial charge in [-0.3, -0.25) is 4.90 Å². The van der Waals surface area contributed by atoms with Crippen LogP contribution in [0, 0.1) is 6.92 Å². The van der Waals surface area contributed by atoms with Crippen LogP contribution in [0.4, 0.5) is 0 Å². The summed E-state index contributed by atoms with van der Waals surface area (Å²) in [5.74, 6) is 2.83. The number of hydrogen-bond donors (Lipinski definition) is 2. The Labute approximate surface area is 129 Å². The number of aryl methyl sites for hydroxylation is 1. The maximum atomic E-state index is 5.23. The van der Waals surface area contributed by atoms with E-state index in [1.165, 1.54) is 0 Å². The highest BCUT2D eigenvalue weighted by Crippen LogP contribution is 2.18. The van der Waals surface area contributed by atoms with Gasteiger partial charge in [0.1, 0.15) is 17.4 Å². The summed E-state index contributed by atoms with van der Waals surface area (Å²) in [6.07, 6.45) is 2.73. The number of ether oxygens (including phenoxy) is 1. The van der Waals surface area contributed by atoms with E-state index in [-0.39, 0.29) is 0 Å². The van der Waals surface area contributed by atoms with Crippen LogP contribution in [0.3, 0.4) is 0 Å². The lowest BCUT2D eigenvalue weighted by atomic mass is 10.3. The van der Waals surface area contributed by atoms with Crippen molar-refractivity contribution in [1.82, 2.24) is 24.8 Å². The van der Waals surface area contributed by atoms with E-state index in [1.54, 1.807) is 7.11 Å². The molecule has 0 unspecified atom stereocenters. The van der Waals surface area contributed by atoms with Gasteiger partial charge in [-0.2, -0.15) is 0 Å². The number of benzene rings is 1. The van der Waals surface area contributed by atoms with Crippen LogP contribution < -0.4 is 4.74 Å². The van der Waals surface area contributed by atoms with E-state index in [2.05, 4.69) is 31.9 Å². The second-order valence-electron chi connectivity index (χ2n) is 5.57. The van der Waals surface area contributed by atoms with E-state index in [0.717, 1.165) is 53.6 Å². The summed E-state index contributed by atoms with van der Waals surface area (Å²) < 4.78 is 5.23. The first-order chi connectivity index (χ1) is 10.6. The minimum Gasteiger partial charge on any atom is -0.497 e. The van der Waals surface area contributed by atoms with Gasteiger partial charge in [-0.1, -0.05) is 0 Å². The zero-order chi connectivity index (χ0) is 15.5. The molecule has 0 saturated carbocycles. The number of likely N-dealkylation sites (N-methyl/N-ethyl adjacent to an activating group) is 1. The lowest BCUT2D eigenvalue weighted by Crippen LogP contribution is -2.21. The van der Waals surface area contributed by atoms with Crippen molar-refractivity contribution in [3.8, 4) is 5.75 Å². The highest BCUT2D eigenvalue weighted by Gasteiger charge is 2.07. The fourth-order valence-electron chi connectivity index (χ4n) is 2.47. The second-order valence-corrected chi connectivity index (χ2v) is 5.57. The van der Waals surface area contributed by atoms with Gasteiger partial charge in [-0.05, 0) is 26.1 Å². The summed E-state index contributed by atoms with van der Waals surface area (Å²) in [7, 11) is 3.76. The minimum atomic E-state index is 0.807. The summed E-state index contributed by atoms with van der Waals surface area (Å²) in [5.41, 5.74) is 3.08. The zero-order valence-corrected chi connectivity index (χ0v) is 13.2. The lowest BCUT2D eigenvalue weighted by Gasteiger charge is -2.13. The maximum absolute atomic E-state index is 5.23. The number of fused-ring (bicyclic) bond motifs is 1. The van der Waals surface area contributed by atoms with E-state index in [0.29, 0.717) is 0 Å². The standard InChI is InChI=1S/C16H21N5O/c1-11-9-17-16(18-11)10-21(2)7-6-15-19-13-5-4-12(22-3)8-14(13)20-15/h4-5,8-9H,6-7,10H2,1-3H3,(H,17,18)(H,19,20). The number of H-pyrrole nitrogens is 2. The third-order valence-electron chi connectivity index (χ3n) is 3.64. The molecule has 0 fully saturated rings. The molecule has 1 aromatic carbocycles. The van der Waals surface area contributed by atoms with E-state index in [4.69, 9.17) is 4.74 Å². The fourth-order valence-corrected chi connectivity index (χ4v) is 2.47. The maximum Gasteiger partial charge on any atom is 0.121 e. The van der Waals surface area contributed by atoms with Crippen molar-refractivity contribution >= 4 is 11.0 Å². The molecule has 2 heterocycles. The van der Waals surface area contributed by atoms with Crippen LogP contribution in [0.1, 0.15) is 17.3 Å². The van der Waals surface area contributed by atoms with Crippen LogP contribution in [0.5, 0.6) is 5.75 Å². The number of rotatable bonds is 6. The van der Waals surface area contributed by atoms with Gasteiger partial charge in [0, 0.05) is 30.9 Å². The second kappa shape index (κ2) is 6.19. The van der Waals surface area contributed by atoms with Gasteiger partial charge in [0.15, 0.2) is 0 Å². The topological polar surface area (TPSA) is 69.8 Å². The van der Waals surface area contributed by atoms with Crippen molar-refractivity contribution in [3.63, 3.8) is 0 Å². The van der Waals surface area contributed by atoms with Gasteiger partial charge in [0.05, 0.1) is 24.7 Å². The molecule has 0 saturated heterocycles. The number of hydrogen-bond acceptors (Lipinski definition) is 4. The molecule has 2 aromatic heterocycles. The Kier molecular flexibility index (Phi) is 4.11. The molecular formula is C16H21N5O. The van der Waals surface area contributed by atoms with Gasteiger partial charge in [-0.25, -0.2) is 9.97 Å². The summed E-state index contributed by atoms with van der Waals surface area (Å²) in [6.45, 7) is 3.73. The molecule has 0 radical (unpaired) electrons. The predicted octanol–water partition coefficient (Wildman–Crippen LogP) is 2.28. The highest BCUT2D eigenvalue weighted by molar-refractivity contribution is 5.76. The predicted molar refractivity (Wildman–Crippen MR) is 86.0 cm³/mol. The molecule has 6 heteroatoms. The Hall–Kier alpha value is -2.34. The molecule has 0 aliphatic rings. The molecule has 2 N–H and O–H groups in total. The number of methoxy groups -OCH3 is 1. The van der Waals surface area contributed by atoms with Gasteiger partial charge in [0.2, 0.25) is 0 Å². The molecule has 0 spiro atoms. The molecule has 6 nitrogen and oxygen atoms in total. The van der Waals surface area contributed by atoms with Crippen molar-refractivity contribution in [1.29, 1.82) is 0 Å². The van der Waals surface area contributed by atoms with E-state index in [9.17, 15) is 0 Å². The number of nitrogens with one attached hydrogen (secondary N) is 2. The van der Waals surface area contributed by atoms with Crippen LogP contribution in [0.2, 0.25) is 0 Å². The van der Waals surface area contributed by atoms with E-state index in [1.807, 2.05) is 31.3 Å². The molecule has 116 valence electrons. The Morgan fingerprint density at radius 3 is 2.82 bits per heavy atom. The molecule has 0 aliphatic heterocycles. The molecule has 22 heavy (non-hydrogen) atoms. The van der Waals surface area contributed by atoms with Crippen LogP contribution in [0.15, 0.2) is 24.4 Å². The van der Waals surface area contributed by atoms with Crippen molar-refractivity contribution in [2.45, 2.75) is 19.9 Å². The molecule has 0 bridgehead atoms. The van der Waals surface area contributed by atoms with Gasteiger partial charge in [0.25, 0.3) is 0 Å². The first-order valence-corrected chi connectivity index (χ1v) is 7.35. The first-order valence-electron chi connectivity index (χ1n) is 7.35. The smallest absolute Gasteiger partial charge is 0.121 e. The third-order valence-corrected chi connectivity index (χ3v) is 3.64. The van der Waals surface area contributed by atoms with Crippen LogP contribution in [0.25, 0.3) is 11.0 Å². The number of imidazole rings is 2. The molecule has 0 aliphatic carbocycles. The van der Waals surface area contributed by atoms with E-state index >= 15 is 0 Å². The van der Waals surface area contributed by atoms with Gasteiger partial charge in [-0.15, -0.1) is 0 Å². The Balaban J connectivity index is 1.61. The number of aromatic nitrogens is 4. The molecule has 3 aromatic rings. The third kappa shape index (κ3) is 3.28. The molecule has 0 atom stereocenters. The summed E-state index contributed by atoms with van der Waals surface area (Å²) in [6, 6.07) is 5.88. The first kappa shape index (κ1) is 14.6. The van der Waals surface area contributed by atoms with Crippen molar-refractivity contribution in [2.75, 3.05) is 20.7 Å². The highest BCUT2D eigenvalue weighted by atomic mass is 16.5. The van der Waals surface area contributed by atoms with E-state index < -0.39 is 0 Å². The average molecular weight is 299 g/mol. The SMILES string of the molecule is COc1ccc2nc(CCN(C)Cc3ncc(C)[nH]3)[nH]c2c1. The minimum absolute atomic E-state index is 0.807. The fraction of sp³-hybridized carbons (Fsp3) is 0.375. The Bertz CT molecular complexity index is 761. The van der Waals surface area contributed by atoms with Crippen LogP contribution >= 0.6 is 0 Å². The van der Waals surface area contributed by atoms with Crippen LogP contribution in [-0.2, 0) is 13.0 Å². The quantitative estimate of drug-likeness (QED) is 0.732. The lowest BCUT2D eigenvalue weighted by molar-refractivity contribution is 0.321. The Morgan fingerprint density at radius 2 is 2.09 bits per heavy atom. The average Bonchev–Trinajstić information content (AvgIpc) is 3.10. The summed E-state index contributed by atoms with van der Waals surface area (Å²) in [5, 5.41) is 0. The monoisotopic (exact) mass is 299 g/mol. The normalized spacial score (nSPS) is 11.5. The largest absolute Gasteiger partial charge is 0.497 e. The number of nitrogens with zero attached hydrogens (tertiary/aromatic N) is 3. The zero-order valence-electron chi connectivity index (χ0n) is 13.2. The summed E-state index contributed by atoms with van der Waals surface area (Å²) in [4.78, 5) is 17.8. The van der Waals surface area contributed by atoms with Gasteiger partial charge >= 0.3 is 0 Å². The van der Waals surface area contributed by atoms with Gasteiger partial charge < -0.3 is 14.7 Å². The van der Waals surface area contributed by atoms with Crippen molar-refractivity contribution in [3.05, 3.63) is 41.7 Å². The van der Waals surface area contributed by atoms with Crippen molar-refractivity contribution < 1.29 is 4.74 Å². The summed E-state index contributed by atoms with van der Waals surface area (Å²) >= 11 is 0.